The zero-order chi connectivity index (χ0) is 15.4. The normalized spacial score (nSPS) is 10.3. The van der Waals surface area contributed by atoms with Crippen molar-refractivity contribution in [1.29, 1.82) is 0 Å². The van der Waals surface area contributed by atoms with Gasteiger partial charge in [0, 0.05) is 12.2 Å². The number of benzene rings is 2. The maximum Gasteiger partial charge on any atom is 0.174 e. The van der Waals surface area contributed by atoms with Gasteiger partial charge in [-0.1, -0.05) is 17.7 Å². The molecule has 0 aliphatic carbocycles. The van der Waals surface area contributed by atoms with E-state index in [1.165, 1.54) is 11.1 Å². The molecule has 0 spiro atoms. The summed E-state index contributed by atoms with van der Waals surface area (Å²) in [6.45, 7) is 4.94. The first kappa shape index (κ1) is 15.7. The average Bonchev–Trinajstić information content (AvgIpc) is 2.45. The molecular weight excluding hydrogens is 330 g/mol. The highest BCUT2D eigenvalue weighted by Crippen LogP contribution is 2.36. The molecule has 1 N–H and O–H groups in total. The predicted octanol–water partition coefficient (Wildman–Crippen LogP) is 4.70. The summed E-state index contributed by atoms with van der Waals surface area (Å²) >= 11 is 3.52. The van der Waals surface area contributed by atoms with Gasteiger partial charge in [0.2, 0.25) is 0 Å². The van der Waals surface area contributed by atoms with Gasteiger partial charge in [-0.3, -0.25) is 0 Å². The lowest BCUT2D eigenvalue weighted by atomic mass is 10.1. The standard InChI is InChI=1S/C17H20BrNO2/c1-11-5-6-15(12(2)7-11)19-10-13-8-14(18)17(21-4)16(9-13)20-3/h5-9,19H,10H2,1-4H3. The largest absolute Gasteiger partial charge is 0.493 e. The third-order valence-electron chi connectivity index (χ3n) is 3.36. The molecule has 0 bridgehead atoms. The molecule has 0 radical (unpaired) electrons. The fourth-order valence-corrected chi connectivity index (χ4v) is 2.93. The molecule has 0 saturated heterocycles. The van der Waals surface area contributed by atoms with Gasteiger partial charge in [-0.25, -0.2) is 0 Å². The first-order valence-electron chi connectivity index (χ1n) is 6.76. The van der Waals surface area contributed by atoms with Crippen LogP contribution in [0.4, 0.5) is 5.69 Å². The molecule has 0 fully saturated rings. The van der Waals surface area contributed by atoms with Crippen molar-refractivity contribution in [3.8, 4) is 11.5 Å². The zero-order valence-electron chi connectivity index (χ0n) is 12.8. The Balaban J connectivity index is 2.18. The van der Waals surface area contributed by atoms with E-state index in [-0.39, 0.29) is 0 Å². The highest BCUT2D eigenvalue weighted by molar-refractivity contribution is 9.10. The van der Waals surface area contributed by atoms with Crippen LogP contribution in [0.2, 0.25) is 0 Å². The van der Waals surface area contributed by atoms with E-state index in [0.717, 1.165) is 28.0 Å². The molecule has 112 valence electrons. The summed E-state index contributed by atoms with van der Waals surface area (Å²) in [6, 6.07) is 10.4. The second-order valence-electron chi connectivity index (χ2n) is 4.99. The van der Waals surface area contributed by atoms with Gasteiger partial charge >= 0.3 is 0 Å². The van der Waals surface area contributed by atoms with Crippen LogP contribution in [0.25, 0.3) is 0 Å². The quantitative estimate of drug-likeness (QED) is 0.848. The molecule has 0 aliphatic rings. The van der Waals surface area contributed by atoms with Crippen LogP contribution in [-0.4, -0.2) is 14.2 Å². The van der Waals surface area contributed by atoms with Crippen LogP contribution in [0, 0.1) is 13.8 Å². The van der Waals surface area contributed by atoms with Crippen LogP contribution in [0.5, 0.6) is 11.5 Å². The van der Waals surface area contributed by atoms with Crippen molar-refractivity contribution in [3.05, 3.63) is 51.5 Å². The summed E-state index contributed by atoms with van der Waals surface area (Å²) in [6.07, 6.45) is 0. The van der Waals surface area contributed by atoms with Crippen molar-refractivity contribution in [3.63, 3.8) is 0 Å². The van der Waals surface area contributed by atoms with Gasteiger partial charge < -0.3 is 14.8 Å². The Morgan fingerprint density at radius 2 is 1.81 bits per heavy atom. The molecule has 4 heteroatoms. The summed E-state index contributed by atoms with van der Waals surface area (Å²) in [7, 11) is 3.28. The molecular formula is C17H20BrNO2. The third kappa shape index (κ3) is 3.70. The number of nitrogens with one attached hydrogen (secondary N) is 1. The minimum absolute atomic E-state index is 0.716. The van der Waals surface area contributed by atoms with E-state index in [1.807, 2.05) is 12.1 Å². The Hall–Kier alpha value is -1.68. The number of halogens is 1. The highest BCUT2D eigenvalue weighted by Gasteiger charge is 2.10. The van der Waals surface area contributed by atoms with Gasteiger partial charge in [-0.05, 0) is 59.1 Å². The third-order valence-corrected chi connectivity index (χ3v) is 3.95. The van der Waals surface area contributed by atoms with E-state index in [9.17, 15) is 0 Å². The summed E-state index contributed by atoms with van der Waals surface area (Å²) in [5.74, 6) is 1.44. The number of hydrogen-bond acceptors (Lipinski definition) is 3. The minimum atomic E-state index is 0.716. The number of aryl methyl sites for hydroxylation is 2. The number of rotatable bonds is 5. The van der Waals surface area contributed by atoms with Gasteiger partial charge in [-0.15, -0.1) is 0 Å². The summed E-state index contributed by atoms with van der Waals surface area (Å²) in [5, 5.41) is 3.46. The molecule has 0 amide bonds. The Labute approximate surface area is 134 Å². The van der Waals surface area contributed by atoms with Gasteiger partial charge in [0.1, 0.15) is 0 Å². The smallest absolute Gasteiger partial charge is 0.174 e. The maximum absolute atomic E-state index is 5.37. The molecule has 0 aromatic heterocycles. The molecule has 0 heterocycles. The van der Waals surface area contributed by atoms with Crippen molar-refractivity contribution >= 4 is 21.6 Å². The SMILES string of the molecule is COc1cc(CNc2ccc(C)cc2C)cc(Br)c1OC. The second kappa shape index (κ2) is 6.85. The fourth-order valence-electron chi connectivity index (χ4n) is 2.28. The molecule has 2 aromatic carbocycles. The number of ether oxygens (including phenoxy) is 2. The molecule has 0 saturated carbocycles. The van der Waals surface area contributed by atoms with Gasteiger partial charge in [0.15, 0.2) is 11.5 Å². The van der Waals surface area contributed by atoms with Crippen molar-refractivity contribution < 1.29 is 9.47 Å². The fraction of sp³-hybridized carbons (Fsp3) is 0.294. The average molecular weight is 350 g/mol. The Bertz CT molecular complexity index is 641. The van der Waals surface area contributed by atoms with Crippen LogP contribution >= 0.6 is 15.9 Å². The van der Waals surface area contributed by atoms with Crippen molar-refractivity contribution in [1.82, 2.24) is 0 Å². The first-order valence-corrected chi connectivity index (χ1v) is 7.56. The summed E-state index contributed by atoms with van der Waals surface area (Å²) in [4.78, 5) is 0. The van der Waals surface area contributed by atoms with E-state index in [0.29, 0.717) is 5.75 Å². The highest BCUT2D eigenvalue weighted by atomic mass is 79.9. The Morgan fingerprint density at radius 1 is 1.05 bits per heavy atom. The lowest BCUT2D eigenvalue weighted by molar-refractivity contribution is 0.352. The van der Waals surface area contributed by atoms with Crippen LogP contribution in [-0.2, 0) is 6.54 Å². The topological polar surface area (TPSA) is 30.5 Å². The Morgan fingerprint density at radius 3 is 2.43 bits per heavy atom. The van der Waals surface area contributed by atoms with E-state index in [4.69, 9.17) is 9.47 Å². The lowest BCUT2D eigenvalue weighted by Crippen LogP contribution is -2.02. The number of hydrogen-bond donors (Lipinski definition) is 1. The molecule has 0 atom stereocenters. The monoisotopic (exact) mass is 349 g/mol. The molecule has 2 aromatic rings. The lowest BCUT2D eigenvalue weighted by Gasteiger charge is -2.14. The van der Waals surface area contributed by atoms with Crippen LogP contribution in [0.15, 0.2) is 34.8 Å². The number of anilines is 1. The van der Waals surface area contributed by atoms with Gasteiger partial charge in [0.25, 0.3) is 0 Å². The zero-order valence-corrected chi connectivity index (χ0v) is 14.4. The summed E-state index contributed by atoms with van der Waals surface area (Å²) in [5.41, 5.74) is 4.78. The molecule has 2 rings (SSSR count). The second-order valence-corrected chi connectivity index (χ2v) is 5.84. The van der Waals surface area contributed by atoms with Crippen LogP contribution in [0.1, 0.15) is 16.7 Å². The van der Waals surface area contributed by atoms with Crippen LogP contribution < -0.4 is 14.8 Å². The van der Waals surface area contributed by atoms with Crippen LogP contribution in [0.3, 0.4) is 0 Å². The van der Waals surface area contributed by atoms with Gasteiger partial charge in [-0.2, -0.15) is 0 Å². The minimum Gasteiger partial charge on any atom is -0.493 e. The van der Waals surface area contributed by atoms with Crippen molar-refractivity contribution in [2.75, 3.05) is 19.5 Å². The predicted molar refractivity (Wildman–Crippen MR) is 90.5 cm³/mol. The van der Waals surface area contributed by atoms with Gasteiger partial charge in [0.05, 0.1) is 18.7 Å². The summed E-state index contributed by atoms with van der Waals surface area (Å²) < 4.78 is 11.6. The molecule has 0 unspecified atom stereocenters. The number of methoxy groups -OCH3 is 2. The van der Waals surface area contributed by atoms with E-state index in [2.05, 4.69) is 53.3 Å². The maximum atomic E-state index is 5.37. The van der Waals surface area contributed by atoms with Crippen molar-refractivity contribution in [2.45, 2.75) is 20.4 Å². The first-order chi connectivity index (χ1) is 10.0. The van der Waals surface area contributed by atoms with Crippen molar-refractivity contribution in [2.24, 2.45) is 0 Å². The Kier molecular flexibility index (Phi) is 5.12. The molecule has 0 aliphatic heterocycles. The molecule has 3 nitrogen and oxygen atoms in total. The van der Waals surface area contributed by atoms with E-state index in [1.54, 1.807) is 14.2 Å². The van der Waals surface area contributed by atoms with E-state index < -0.39 is 0 Å². The molecule has 21 heavy (non-hydrogen) atoms. The van der Waals surface area contributed by atoms with E-state index >= 15 is 0 Å².